The number of aryl methyl sites for hydroxylation is 1. The Morgan fingerprint density at radius 3 is 2.74 bits per heavy atom. The van der Waals surface area contributed by atoms with Crippen LogP contribution >= 0.6 is 0 Å². The monoisotopic (exact) mass is 425 g/mol. The summed E-state index contributed by atoms with van der Waals surface area (Å²) in [5.74, 6) is 0.702. The number of guanidine groups is 1. The zero-order valence-corrected chi connectivity index (χ0v) is 18.7. The summed E-state index contributed by atoms with van der Waals surface area (Å²) in [7, 11) is 0. The first-order chi connectivity index (χ1) is 15.0. The maximum absolute atomic E-state index is 12.7. The molecule has 2 atom stereocenters. The molecule has 6 N–H and O–H groups in total. The molecule has 8 nitrogen and oxygen atoms in total. The van der Waals surface area contributed by atoms with Crippen LogP contribution in [0.1, 0.15) is 74.5 Å². The smallest absolute Gasteiger partial charge is 0.289 e. The molecule has 0 aliphatic heterocycles. The first-order valence-electron chi connectivity index (χ1n) is 11.4. The van der Waals surface area contributed by atoms with Crippen molar-refractivity contribution in [2.45, 2.75) is 77.3 Å². The molecule has 31 heavy (non-hydrogen) atoms. The molecular weight excluding hydrogens is 390 g/mol. The van der Waals surface area contributed by atoms with Gasteiger partial charge in [-0.05, 0) is 38.3 Å². The highest BCUT2D eigenvalue weighted by atomic mass is 16.2. The fourth-order valence-corrected chi connectivity index (χ4v) is 4.09. The quantitative estimate of drug-likeness (QED) is 0.277. The molecule has 168 valence electrons. The summed E-state index contributed by atoms with van der Waals surface area (Å²) < 4.78 is 0. The Kier molecular flexibility index (Phi) is 8.03. The molecule has 1 saturated carbocycles. The molecule has 1 aromatic heterocycles. The van der Waals surface area contributed by atoms with Crippen LogP contribution in [0.25, 0.3) is 10.9 Å². The molecule has 8 heteroatoms. The van der Waals surface area contributed by atoms with Crippen molar-refractivity contribution in [2.24, 2.45) is 16.5 Å². The molecule has 1 aromatic carbocycles. The fraction of sp³-hybridized carbons (Fsp3) is 0.565. The van der Waals surface area contributed by atoms with Crippen LogP contribution in [0.2, 0.25) is 0 Å². The van der Waals surface area contributed by atoms with E-state index in [0.717, 1.165) is 61.4 Å². The molecule has 0 unspecified atom stereocenters. The first-order valence-corrected chi connectivity index (χ1v) is 11.4. The number of unbranched alkanes of at least 4 members (excludes halogenated alkanes) is 3. The van der Waals surface area contributed by atoms with Crippen molar-refractivity contribution in [2.75, 3.05) is 11.9 Å². The van der Waals surface area contributed by atoms with Crippen molar-refractivity contribution < 1.29 is 4.79 Å². The molecular formula is C23H35N7O. The topological polar surface area (TPSA) is 131 Å². The Morgan fingerprint density at radius 2 is 1.97 bits per heavy atom. The average Bonchev–Trinajstić information content (AvgIpc) is 2.74. The molecule has 1 amide bonds. The average molecular weight is 426 g/mol. The first kappa shape index (κ1) is 22.8. The molecule has 1 aliphatic rings. The third-order valence-corrected chi connectivity index (χ3v) is 5.74. The number of rotatable bonds is 9. The Bertz CT molecular complexity index is 924. The maximum Gasteiger partial charge on any atom is 0.289 e. The van der Waals surface area contributed by atoms with E-state index in [1.807, 2.05) is 25.1 Å². The number of aromatic nitrogens is 2. The van der Waals surface area contributed by atoms with Crippen molar-refractivity contribution >= 4 is 28.6 Å². The van der Waals surface area contributed by atoms with Gasteiger partial charge in [-0.15, -0.1) is 0 Å². The molecule has 0 spiro atoms. The molecule has 0 radical (unpaired) electrons. The lowest BCUT2D eigenvalue weighted by Gasteiger charge is -2.30. The van der Waals surface area contributed by atoms with E-state index in [1.165, 1.54) is 6.42 Å². The van der Waals surface area contributed by atoms with Crippen LogP contribution in [-0.4, -0.2) is 40.5 Å². The second kappa shape index (κ2) is 10.9. The van der Waals surface area contributed by atoms with Gasteiger partial charge in [0.1, 0.15) is 5.82 Å². The minimum atomic E-state index is -0.244. The van der Waals surface area contributed by atoms with Crippen LogP contribution in [0.15, 0.2) is 23.2 Å². The number of nitrogens with two attached hydrogens (primary N) is 2. The Labute approximate surface area is 184 Å². The van der Waals surface area contributed by atoms with Crippen molar-refractivity contribution in [3.63, 3.8) is 0 Å². The zero-order chi connectivity index (χ0) is 22.2. The van der Waals surface area contributed by atoms with Crippen LogP contribution in [0.4, 0.5) is 5.82 Å². The predicted octanol–water partition coefficient (Wildman–Crippen LogP) is 3.24. The van der Waals surface area contributed by atoms with Crippen molar-refractivity contribution in [3.05, 3.63) is 29.6 Å². The minimum Gasteiger partial charge on any atom is -0.370 e. The van der Waals surface area contributed by atoms with Crippen LogP contribution in [-0.2, 0) is 0 Å². The molecule has 3 rings (SSSR count). The highest BCUT2D eigenvalue weighted by molar-refractivity contribution is 5.96. The summed E-state index contributed by atoms with van der Waals surface area (Å²) in [6, 6.07) is 6.02. The van der Waals surface area contributed by atoms with Crippen molar-refractivity contribution in [1.29, 1.82) is 0 Å². The zero-order valence-electron chi connectivity index (χ0n) is 18.7. The van der Waals surface area contributed by atoms with Crippen LogP contribution in [0.3, 0.4) is 0 Å². The van der Waals surface area contributed by atoms with E-state index in [-0.39, 0.29) is 29.8 Å². The van der Waals surface area contributed by atoms with Gasteiger partial charge in [-0.3, -0.25) is 4.79 Å². The third-order valence-electron chi connectivity index (χ3n) is 5.74. The fourth-order valence-electron chi connectivity index (χ4n) is 4.09. The van der Waals surface area contributed by atoms with Gasteiger partial charge >= 0.3 is 0 Å². The van der Waals surface area contributed by atoms with Crippen LogP contribution < -0.4 is 22.1 Å². The summed E-state index contributed by atoms with van der Waals surface area (Å²) in [5, 5.41) is 7.39. The van der Waals surface area contributed by atoms with Gasteiger partial charge in [0.05, 0.1) is 17.6 Å². The summed E-state index contributed by atoms with van der Waals surface area (Å²) in [5.41, 5.74) is 13.2. The number of hydrogen-bond donors (Lipinski definition) is 4. The SMILES string of the molecule is CCCCCCNC(=O)c1nc(N[C@H]2CCCC[C@H]2N=C(N)N)c2cc(C)ccc2n1. The number of benzene rings is 1. The number of hydrogen-bond acceptors (Lipinski definition) is 5. The lowest BCUT2D eigenvalue weighted by Crippen LogP contribution is -2.38. The van der Waals surface area contributed by atoms with E-state index in [0.29, 0.717) is 12.4 Å². The highest BCUT2D eigenvalue weighted by Crippen LogP contribution is 2.28. The lowest BCUT2D eigenvalue weighted by molar-refractivity contribution is 0.0943. The summed E-state index contributed by atoms with van der Waals surface area (Å²) in [6.45, 7) is 4.83. The number of carbonyl (C=O) groups excluding carboxylic acids is 1. The number of nitrogens with one attached hydrogen (secondary N) is 2. The van der Waals surface area contributed by atoms with Crippen LogP contribution in [0.5, 0.6) is 0 Å². The van der Waals surface area contributed by atoms with Gasteiger partial charge in [0.2, 0.25) is 5.82 Å². The van der Waals surface area contributed by atoms with E-state index >= 15 is 0 Å². The van der Waals surface area contributed by atoms with Gasteiger partial charge in [-0.25, -0.2) is 15.0 Å². The number of carbonyl (C=O) groups is 1. The van der Waals surface area contributed by atoms with E-state index in [4.69, 9.17) is 11.5 Å². The number of amides is 1. The van der Waals surface area contributed by atoms with Gasteiger partial charge < -0.3 is 22.1 Å². The molecule has 1 aliphatic carbocycles. The second-order valence-electron chi connectivity index (χ2n) is 8.39. The number of anilines is 1. The Hall–Kier alpha value is -2.90. The van der Waals surface area contributed by atoms with E-state index in [2.05, 4.69) is 32.5 Å². The maximum atomic E-state index is 12.7. The molecule has 1 fully saturated rings. The summed E-state index contributed by atoms with van der Waals surface area (Å²) in [6.07, 6.45) is 8.46. The predicted molar refractivity (Wildman–Crippen MR) is 126 cm³/mol. The van der Waals surface area contributed by atoms with E-state index in [9.17, 15) is 4.79 Å². The number of nitrogens with zero attached hydrogens (tertiary/aromatic N) is 3. The third kappa shape index (κ3) is 6.29. The minimum absolute atomic E-state index is 0.00980. The van der Waals surface area contributed by atoms with Gasteiger partial charge in [0, 0.05) is 11.9 Å². The van der Waals surface area contributed by atoms with Crippen molar-refractivity contribution in [3.8, 4) is 0 Å². The summed E-state index contributed by atoms with van der Waals surface area (Å²) >= 11 is 0. The largest absolute Gasteiger partial charge is 0.370 e. The standard InChI is InChI=1S/C23H35N7O/c1-3-4-5-8-13-26-22(31)21-27-17-12-11-15(2)14-16(17)20(30-21)28-18-9-6-7-10-19(18)29-23(24)25/h11-12,14,18-19H,3-10,13H2,1-2H3,(H,26,31)(H4,24,25,29)(H,27,28,30)/t18-,19+/m0/s1. The normalized spacial score (nSPS) is 18.5. The molecule has 2 aromatic rings. The van der Waals surface area contributed by atoms with Gasteiger partial charge in [0.25, 0.3) is 5.91 Å². The lowest BCUT2D eigenvalue weighted by atomic mass is 9.90. The molecule has 1 heterocycles. The van der Waals surface area contributed by atoms with Gasteiger partial charge in [-0.2, -0.15) is 0 Å². The van der Waals surface area contributed by atoms with Crippen molar-refractivity contribution in [1.82, 2.24) is 15.3 Å². The second-order valence-corrected chi connectivity index (χ2v) is 8.39. The van der Waals surface area contributed by atoms with E-state index in [1.54, 1.807) is 0 Å². The van der Waals surface area contributed by atoms with Gasteiger partial charge in [-0.1, -0.05) is 50.7 Å². The molecule has 0 bridgehead atoms. The van der Waals surface area contributed by atoms with Gasteiger partial charge in [0.15, 0.2) is 5.96 Å². The van der Waals surface area contributed by atoms with Crippen LogP contribution in [0, 0.1) is 6.92 Å². The highest BCUT2D eigenvalue weighted by Gasteiger charge is 2.26. The summed E-state index contributed by atoms with van der Waals surface area (Å²) in [4.78, 5) is 26.3. The Morgan fingerprint density at radius 1 is 1.16 bits per heavy atom. The number of fused-ring (bicyclic) bond motifs is 1. The molecule has 0 saturated heterocycles. The number of aliphatic imine (C=N–C) groups is 1. The Balaban J connectivity index is 1.85. The van der Waals surface area contributed by atoms with E-state index < -0.39 is 0 Å².